The second-order valence-corrected chi connectivity index (χ2v) is 6.25. The summed E-state index contributed by atoms with van der Waals surface area (Å²) >= 11 is 0. The average Bonchev–Trinajstić information content (AvgIpc) is 3.00. The van der Waals surface area contributed by atoms with Crippen molar-refractivity contribution in [1.82, 2.24) is 10.2 Å². The molecular weight excluding hydrogens is 298 g/mol. The molecule has 1 aliphatic heterocycles. The van der Waals surface area contributed by atoms with E-state index in [0.29, 0.717) is 19.7 Å². The van der Waals surface area contributed by atoms with Crippen LogP contribution in [0.4, 0.5) is 10.5 Å². The molecule has 3 rings (SSSR count). The number of nitro groups is 1. The van der Waals surface area contributed by atoms with Crippen molar-refractivity contribution in [3.8, 4) is 0 Å². The maximum Gasteiger partial charge on any atom is 0.317 e. The quantitative estimate of drug-likeness (QED) is 0.685. The predicted molar refractivity (Wildman–Crippen MR) is 84.1 cm³/mol. The Kier molecular flexibility index (Phi) is 4.47. The van der Waals surface area contributed by atoms with Gasteiger partial charge < -0.3 is 15.0 Å². The predicted octanol–water partition coefficient (Wildman–Crippen LogP) is 2.45. The molecule has 1 N–H and O–H groups in total. The summed E-state index contributed by atoms with van der Waals surface area (Å²) in [5.41, 5.74) is 0.602. The standard InChI is InChI=1S/C16H21N3O4/c20-15(17-11-13-4-3-5-14(10-13)19(21)22)18-8-9-23-16(12-18)6-1-2-7-16/h3-5,10H,1-2,6-9,11-12H2,(H,17,20). The van der Waals surface area contributed by atoms with Gasteiger partial charge in [-0.25, -0.2) is 4.79 Å². The number of amides is 2. The first-order chi connectivity index (χ1) is 11.1. The molecule has 0 radical (unpaired) electrons. The van der Waals surface area contributed by atoms with Crippen LogP contribution in [-0.4, -0.2) is 41.2 Å². The normalized spacial score (nSPS) is 19.7. The fourth-order valence-electron chi connectivity index (χ4n) is 3.41. The van der Waals surface area contributed by atoms with Crippen molar-refractivity contribution < 1.29 is 14.5 Å². The summed E-state index contributed by atoms with van der Waals surface area (Å²) in [4.78, 5) is 24.5. The van der Waals surface area contributed by atoms with Gasteiger partial charge in [-0.15, -0.1) is 0 Å². The van der Waals surface area contributed by atoms with Crippen LogP contribution in [0.15, 0.2) is 24.3 Å². The number of hydrogen-bond donors (Lipinski definition) is 1. The summed E-state index contributed by atoms with van der Waals surface area (Å²) in [5.74, 6) is 0. The Hall–Kier alpha value is -2.15. The van der Waals surface area contributed by atoms with Crippen molar-refractivity contribution in [2.45, 2.75) is 37.8 Å². The molecule has 124 valence electrons. The third-order valence-electron chi connectivity index (χ3n) is 4.62. The Labute approximate surface area is 134 Å². The van der Waals surface area contributed by atoms with Crippen LogP contribution < -0.4 is 5.32 Å². The molecule has 0 aromatic heterocycles. The average molecular weight is 319 g/mol. The van der Waals surface area contributed by atoms with Gasteiger partial charge in [-0.1, -0.05) is 25.0 Å². The fraction of sp³-hybridized carbons (Fsp3) is 0.562. The minimum absolute atomic E-state index is 0.0352. The summed E-state index contributed by atoms with van der Waals surface area (Å²) < 4.78 is 5.92. The van der Waals surface area contributed by atoms with Crippen molar-refractivity contribution in [3.05, 3.63) is 39.9 Å². The van der Waals surface area contributed by atoms with Gasteiger partial charge in [-0.2, -0.15) is 0 Å². The summed E-state index contributed by atoms with van der Waals surface area (Å²) in [6.07, 6.45) is 4.34. The molecule has 0 atom stereocenters. The minimum Gasteiger partial charge on any atom is -0.371 e. The highest BCUT2D eigenvalue weighted by molar-refractivity contribution is 5.74. The van der Waals surface area contributed by atoms with Crippen LogP contribution in [0.1, 0.15) is 31.2 Å². The van der Waals surface area contributed by atoms with E-state index in [2.05, 4.69) is 5.32 Å². The first-order valence-corrected chi connectivity index (χ1v) is 7.98. The zero-order valence-corrected chi connectivity index (χ0v) is 13.0. The number of nitrogens with zero attached hydrogens (tertiary/aromatic N) is 2. The molecular formula is C16H21N3O4. The fourth-order valence-corrected chi connectivity index (χ4v) is 3.41. The number of non-ortho nitro benzene ring substituents is 1. The highest BCUT2D eigenvalue weighted by Crippen LogP contribution is 2.35. The second-order valence-electron chi connectivity index (χ2n) is 6.25. The maximum absolute atomic E-state index is 12.4. The third kappa shape index (κ3) is 3.61. The summed E-state index contributed by atoms with van der Waals surface area (Å²) in [5, 5.41) is 13.6. The van der Waals surface area contributed by atoms with Gasteiger partial charge in [0.2, 0.25) is 0 Å². The molecule has 0 bridgehead atoms. The van der Waals surface area contributed by atoms with Gasteiger partial charge in [0.25, 0.3) is 5.69 Å². The molecule has 1 saturated heterocycles. The number of nitro benzene ring substituents is 1. The number of rotatable bonds is 3. The molecule has 2 fully saturated rings. The Morgan fingerprint density at radius 3 is 2.91 bits per heavy atom. The summed E-state index contributed by atoms with van der Waals surface area (Å²) in [7, 11) is 0. The number of urea groups is 1. The van der Waals surface area contributed by atoms with Crippen LogP contribution in [0.3, 0.4) is 0 Å². The van der Waals surface area contributed by atoms with Crippen molar-refractivity contribution in [2.24, 2.45) is 0 Å². The van der Waals surface area contributed by atoms with E-state index in [9.17, 15) is 14.9 Å². The molecule has 1 aromatic rings. The van der Waals surface area contributed by atoms with Crippen LogP contribution in [0.2, 0.25) is 0 Å². The number of nitrogens with one attached hydrogen (secondary N) is 1. The molecule has 7 nitrogen and oxygen atoms in total. The van der Waals surface area contributed by atoms with E-state index in [4.69, 9.17) is 4.74 Å². The molecule has 23 heavy (non-hydrogen) atoms. The van der Waals surface area contributed by atoms with E-state index in [1.807, 2.05) is 0 Å². The second kappa shape index (κ2) is 6.54. The molecule has 1 aromatic carbocycles. The van der Waals surface area contributed by atoms with Crippen molar-refractivity contribution in [3.63, 3.8) is 0 Å². The van der Waals surface area contributed by atoms with Crippen molar-refractivity contribution in [2.75, 3.05) is 19.7 Å². The van der Waals surface area contributed by atoms with E-state index in [0.717, 1.165) is 31.2 Å². The number of carbonyl (C=O) groups is 1. The van der Waals surface area contributed by atoms with Crippen LogP contribution >= 0.6 is 0 Å². The number of morpholine rings is 1. The SMILES string of the molecule is O=C(NCc1cccc([N+](=O)[O-])c1)N1CCOC2(CCCC2)C1. The molecule has 2 amide bonds. The van der Waals surface area contributed by atoms with Gasteiger partial charge in [-0.05, 0) is 18.4 Å². The van der Waals surface area contributed by atoms with E-state index in [-0.39, 0.29) is 23.9 Å². The molecule has 1 spiro atoms. The molecule has 1 saturated carbocycles. The van der Waals surface area contributed by atoms with Crippen LogP contribution in [0.25, 0.3) is 0 Å². The van der Waals surface area contributed by atoms with Gasteiger partial charge >= 0.3 is 6.03 Å². The summed E-state index contributed by atoms with van der Waals surface area (Å²) in [6, 6.07) is 6.19. The number of ether oxygens (including phenoxy) is 1. The van der Waals surface area contributed by atoms with Crippen LogP contribution in [0.5, 0.6) is 0 Å². The monoisotopic (exact) mass is 319 g/mol. The first-order valence-electron chi connectivity index (χ1n) is 7.98. The molecule has 0 unspecified atom stereocenters. The van der Waals surface area contributed by atoms with Crippen LogP contribution in [-0.2, 0) is 11.3 Å². The van der Waals surface area contributed by atoms with E-state index in [1.54, 1.807) is 17.0 Å². The van der Waals surface area contributed by atoms with Crippen molar-refractivity contribution >= 4 is 11.7 Å². The van der Waals surface area contributed by atoms with E-state index in [1.165, 1.54) is 12.1 Å². The van der Waals surface area contributed by atoms with Gasteiger partial charge in [0.15, 0.2) is 0 Å². The van der Waals surface area contributed by atoms with Gasteiger partial charge in [0, 0.05) is 25.2 Å². The van der Waals surface area contributed by atoms with E-state index < -0.39 is 4.92 Å². The lowest BCUT2D eigenvalue weighted by molar-refractivity contribution is -0.384. The van der Waals surface area contributed by atoms with Gasteiger partial charge in [0.05, 0.1) is 23.7 Å². The lowest BCUT2D eigenvalue weighted by atomic mass is 10.00. The zero-order valence-electron chi connectivity index (χ0n) is 13.0. The highest BCUT2D eigenvalue weighted by Gasteiger charge is 2.40. The number of hydrogen-bond acceptors (Lipinski definition) is 4. The molecule has 2 aliphatic rings. The van der Waals surface area contributed by atoms with Gasteiger partial charge in [0.1, 0.15) is 0 Å². The van der Waals surface area contributed by atoms with E-state index >= 15 is 0 Å². The molecule has 1 heterocycles. The number of benzene rings is 1. The van der Waals surface area contributed by atoms with Crippen LogP contribution in [0, 0.1) is 10.1 Å². The number of carbonyl (C=O) groups excluding carboxylic acids is 1. The Balaban J connectivity index is 1.57. The third-order valence-corrected chi connectivity index (χ3v) is 4.62. The first kappa shape index (κ1) is 15.7. The summed E-state index contributed by atoms with van der Waals surface area (Å²) in [6.45, 7) is 2.07. The smallest absolute Gasteiger partial charge is 0.317 e. The Morgan fingerprint density at radius 1 is 1.39 bits per heavy atom. The zero-order chi connectivity index (χ0) is 16.3. The topological polar surface area (TPSA) is 84.7 Å². The lowest BCUT2D eigenvalue weighted by Crippen LogP contribution is -2.54. The molecule has 7 heteroatoms. The molecule has 1 aliphatic carbocycles. The highest BCUT2D eigenvalue weighted by atomic mass is 16.6. The van der Waals surface area contributed by atoms with Crippen molar-refractivity contribution in [1.29, 1.82) is 0 Å². The maximum atomic E-state index is 12.4. The Morgan fingerprint density at radius 2 is 2.17 bits per heavy atom. The minimum atomic E-state index is -0.433. The largest absolute Gasteiger partial charge is 0.371 e. The van der Waals surface area contributed by atoms with Gasteiger partial charge in [-0.3, -0.25) is 10.1 Å². The lowest BCUT2D eigenvalue weighted by Gasteiger charge is -2.40. The Bertz CT molecular complexity index is 599.